The second kappa shape index (κ2) is 4.45. The average Bonchev–Trinajstić information content (AvgIpc) is 2.79. The highest BCUT2D eigenvalue weighted by atomic mass is 32.2. The Morgan fingerprint density at radius 1 is 1.33 bits per heavy atom. The van der Waals surface area contributed by atoms with Gasteiger partial charge in [0.15, 0.2) is 0 Å². The molecule has 18 heavy (non-hydrogen) atoms. The van der Waals surface area contributed by atoms with Crippen LogP contribution in [-0.2, 0) is 14.8 Å². The van der Waals surface area contributed by atoms with Crippen molar-refractivity contribution in [1.29, 1.82) is 0 Å². The third-order valence-corrected chi connectivity index (χ3v) is 4.60. The second-order valence-electron chi connectivity index (χ2n) is 4.12. The number of carbonyl (C=O) groups is 1. The van der Waals surface area contributed by atoms with E-state index in [0.29, 0.717) is 0 Å². The number of hydrogen-bond acceptors (Lipinski definition) is 3. The molecule has 2 rings (SSSR count). The fraction of sp³-hybridized carbons (Fsp3) is 0.250. The highest BCUT2D eigenvalue weighted by molar-refractivity contribution is 7.89. The maximum Gasteiger partial charge on any atom is 0.327 e. The maximum absolute atomic E-state index is 12.3. The van der Waals surface area contributed by atoms with Crippen LogP contribution >= 0.6 is 0 Å². The largest absolute Gasteiger partial charge is 0.480 e. The SMILES string of the molecule is Cc1ccc(S(=O)(=O)N2C=CC[C@H]2C(=O)O)cc1. The molecule has 5 nitrogen and oxygen atoms in total. The zero-order valence-electron chi connectivity index (χ0n) is 9.78. The number of carboxylic acid groups (broad SMARTS) is 1. The molecule has 0 saturated carbocycles. The number of hydrogen-bond donors (Lipinski definition) is 1. The Hall–Kier alpha value is -1.82. The lowest BCUT2D eigenvalue weighted by Crippen LogP contribution is -2.38. The number of nitrogens with zero attached hydrogens (tertiary/aromatic N) is 1. The molecule has 6 heteroatoms. The van der Waals surface area contributed by atoms with E-state index in [1.165, 1.54) is 18.3 Å². The average molecular weight is 267 g/mol. The van der Waals surface area contributed by atoms with E-state index in [4.69, 9.17) is 5.11 Å². The highest BCUT2D eigenvalue weighted by Crippen LogP contribution is 2.24. The summed E-state index contributed by atoms with van der Waals surface area (Å²) in [6, 6.07) is 5.28. The molecule has 1 heterocycles. The number of benzene rings is 1. The molecule has 0 unspecified atom stereocenters. The summed E-state index contributed by atoms with van der Waals surface area (Å²) in [6.07, 6.45) is 3.05. The van der Waals surface area contributed by atoms with Crippen LogP contribution in [-0.4, -0.2) is 29.8 Å². The molecule has 96 valence electrons. The molecule has 0 spiro atoms. The van der Waals surface area contributed by atoms with E-state index >= 15 is 0 Å². The number of sulfonamides is 1. The van der Waals surface area contributed by atoms with Crippen LogP contribution < -0.4 is 0 Å². The lowest BCUT2D eigenvalue weighted by Gasteiger charge is -2.22. The zero-order valence-corrected chi connectivity index (χ0v) is 10.6. The Labute approximate surface area is 105 Å². The van der Waals surface area contributed by atoms with Crippen molar-refractivity contribution in [3.63, 3.8) is 0 Å². The summed E-state index contributed by atoms with van der Waals surface area (Å²) in [5.74, 6) is -1.14. The summed E-state index contributed by atoms with van der Waals surface area (Å²) < 4.78 is 25.4. The summed E-state index contributed by atoms with van der Waals surface area (Å²) in [5, 5.41) is 8.99. The van der Waals surface area contributed by atoms with Crippen LogP contribution in [0.3, 0.4) is 0 Å². The molecule has 1 aliphatic heterocycles. The quantitative estimate of drug-likeness (QED) is 0.897. The van der Waals surface area contributed by atoms with Gasteiger partial charge in [-0.15, -0.1) is 0 Å². The van der Waals surface area contributed by atoms with Gasteiger partial charge in [-0.05, 0) is 25.5 Å². The summed E-state index contributed by atoms with van der Waals surface area (Å²) in [4.78, 5) is 11.1. The normalized spacial score (nSPS) is 19.2. The molecule has 0 fully saturated rings. The van der Waals surface area contributed by atoms with Gasteiger partial charge in [0.25, 0.3) is 10.0 Å². The van der Waals surface area contributed by atoms with Crippen molar-refractivity contribution in [1.82, 2.24) is 4.31 Å². The first kappa shape index (κ1) is 12.6. The molecular weight excluding hydrogens is 254 g/mol. The third kappa shape index (κ3) is 2.11. The van der Waals surface area contributed by atoms with Crippen molar-refractivity contribution in [3.8, 4) is 0 Å². The monoisotopic (exact) mass is 267 g/mol. The smallest absolute Gasteiger partial charge is 0.327 e. The van der Waals surface area contributed by atoms with Gasteiger partial charge in [-0.1, -0.05) is 23.8 Å². The van der Waals surface area contributed by atoms with Gasteiger partial charge >= 0.3 is 5.97 Å². The fourth-order valence-corrected chi connectivity index (χ4v) is 3.27. The van der Waals surface area contributed by atoms with Gasteiger partial charge in [-0.25, -0.2) is 13.2 Å². The Balaban J connectivity index is 2.39. The first-order valence-corrected chi connectivity index (χ1v) is 6.86. The maximum atomic E-state index is 12.3. The van der Waals surface area contributed by atoms with Gasteiger partial charge in [0.1, 0.15) is 6.04 Å². The van der Waals surface area contributed by atoms with Crippen molar-refractivity contribution >= 4 is 16.0 Å². The Kier molecular flexibility index (Phi) is 3.13. The van der Waals surface area contributed by atoms with E-state index in [9.17, 15) is 13.2 Å². The molecule has 0 saturated heterocycles. The zero-order chi connectivity index (χ0) is 13.3. The molecule has 1 atom stereocenters. The van der Waals surface area contributed by atoms with Gasteiger partial charge in [-0.2, -0.15) is 0 Å². The fourth-order valence-electron chi connectivity index (χ4n) is 1.79. The van der Waals surface area contributed by atoms with Gasteiger partial charge in [0.05, 0.1) is 4.90 Å². The minimum atomic E-state index is -3.78. The molecule has 0 bridgehead atoms. The topological polar surface area (TPSA) is 74.7 Å². The van der Waals surface area contributed by atoms with Gasteiger partial charge in [0, 0.05) is 6.20 Å². The van der Waals surface area contributed by atoms with E-state index < -0.39 is 22.0 Å². The summed E-state index contributed by atoms with van der Waals surface area (Å²) in [7, 11) is -3.78. The van der Waals surface area contributed by atoms with Crippen molar-refractivity contribution in [3.05, 3.63) is 42.1 Å². The highest BCUT2D eigenvalue weighted by Gasteiger charge is 2.35. The Bertz CT molecular complexity index is 589. The lowest BCUT2D eigenvalue weighted by atomic mass is 10.2. The minimum Gasteiger partial charge on any atom is -0.480 e. The van der Waals surface area contributed by atoms with Crippen molar-refractivity contribution < 1.29 is 18.3 Å². The standard InChI is InChI=1S/C12H13NO4S/c1-9-4-6-10(7-5-9)18(16,17)13-8-2-3-11(13)12(14)15/h2,4-8,11H,3H2,1H3,(H,14,15)/t11-/m0/s1. The molecule has 1 aliphatic rings. The van der Waals surface area contributed by atoms with E-state index in [2.05, 4.69) is 0 Å². The molecule has 0 aromatic heterocycles. The van der Waals surface area contributed by atoms with Crippen LogP contribution in [0.2, 0.25) is 0 Å². The first-order chi connectivity index (χ1) is 8.43. The minimum absolute atomic E-state index is 0.103. The molecule has 0 radical (unpaired) electrons. The van der Waals surface area contributed by atoms with E-state index in [0.717, 1.165) is 9.87 Å². The molecular formula is C12H13NO4S. The molecule has 0 amide bonds. The Morgan fingerprint density at radius 2 is 1.94 bits per heavy atom. The second-order valence-corrected chi connectivity index (χ2v) is 5.97. The van der Waals surface area contributed by atoms with Crippen LogP contribution in [0.4, 0.5) is 0 Å². The van der Waals surface area contributed by atoms with E-state index in [1.54, 1.807) is 18.2 Å². The predicted molar refractivity (Wildman–Crippen MR) is 65.4 cm³/mol. The molecule has 1 aromatic carbocycles. The predicted octanol–water partition coefficient (Wildman–Crippen LogP) is 1.36. The third-order valence-electron chi connectivity index (χ3n) is 2.80. The van der Waals surface area contributed by atoms with Crippen LogP contribution in [0.1, 0.15) is 12.0 Å². The number of carboxylic acids is 1. The molecule has 1 N–H and O–H groups in total. The number of aryl methyl sites for hydroxylation is 1. The van der Waals surface area contributed by atoms with Crippen LogP contribution in [0.15, 0.2) is 41.4 Å². The van der Waals surface area contributed by atoms with Gasteiger partial charge < -0.3 is 5.11 Å². The van der Waals surface area contributed by atoms with Gasteiger partial charge in [0.2, 0.25) is 0 Å². The van der Waals surface area contributed by atoms with E-state index in [1.807, 2.05) is 6.92 Å². The molecule has 1 aromatic rings. The summed E-state index contributed by atoms with van der Waals surface area (Å²) in [5.41, 5.74) is 0.945. The first-order valence-electron chi connectivity index (χ1n) is 5.42. The van der Waals surface area contributed by atoms with Crippen molar-refractivity contribution in [2.24, 2.45) is 0 Å². The van der Waals surface area contributed by atoms with Crippen molar-refractivity contribution in [2.45, 2.75) is 24.3 Å². The van der Waals surface area contributed by atoms with Crippen LogP contribution in [0, 0.1) is 6.92 Å². The van der Waals surface area contributed by atoms with Crippen LogP contribution in [0.25, 0.3) is 0 Å². The molecule has 0 aliphatic carbocycles. The van der Waals surface area contributed by atoms with E-state index in [-0.39, 0.29) is 11.3 Å². The summed E-state index contributed by atoms with van der Waals surface area (Å²) in [6.45, 7) is 1.85. The van der Waals surface area contributed by atoms with Crippen molar-refractivity contribution in [2.75, 3.05) is 0 Å². The van der Waals surface area contributed by atoms with Gasteiger partial charge in [-0.3, -0.25) is 4.31 Å². The number of rotatable bonds is 3. The lowest BCUT2D eigenvalue weighted by molar-refractivity contribution is -0.140. The van der Waals surface area contributed by atoms with Crippen LogP contribution in [0.5, 0.6) is 0 Å². The summed E-state index contributed by atoms with van der Waals surface area (Å²) >= 11 is 0. The Morgan fingerprint density at radius 3 is 2.50 bits per heavy atom. The number of aliphatic carboxylic acids is 1.